The SMILES string of the molecule is N#Cc1c(F)cccc1Oc1ccc(CO)cc1. The highest BCUT2D eigenvalue weighted by molar-refractivity contribution is 5.46. The van der Waals surface area contributed by atoms with Crippen LogP contribution in [0.15, 0.2) is 42.5 Å². The predicted molar refractivity (Wildman–Crippen MR) is 63.6 cm³/mol. The van der Waals surface area contributed by atoms with Gasteiger partial charge in [-0.25, -0.2) is 4.39 Å². The lowest BCUT2D eigenvalue weighted by molar-refractivity contribution is 0.281. The van der Waals surface area contributed by atoms with Crippen molar-refractivity contribution in [2.45, 2.75) is 6.61 Å². The fraction of sp³-hybridized carbons (Fsp3) is 0.0714. The molecule has 1 N–H and O–H groups in total. The Morgan fingerprint density at radius 2 is 1.89 bits per heavy atom. The number of halogens is 1. The minimum absolute atomic E-state index is 0.0519. The third-order valence-corrected chi connectivity index (χ3v) is 2.42. The Labute approximate surface area is 104 Å². The highest BCUT2D eigenvalue weighted by Crippen LogP contribution is 2.26. The van der Waals surface area contributed by atoms with Crippen molar-refractivity contribution in [3.8, 4) is 17.6 Å². The first kappa shape index (κ1) is 12.1. The van der Waals surface area contributed by atoms with Gasteiger partial charge in [-0.2, -0.15) is 5.26 Å². The first-order valence-corrected chi connectivity index (χ1v) is 5.31. The number of aliphatic hydroxyl groups excluding tert-OH is 1. The molecule has 0 spiro atoms. The van der Waals surface area contributed by atoms with Crippen LogP contribution in [0.4, 0.5) is 4.39 Å². The third kappa shape index (κ3) is 2.47. The van der Waals surface area contributed by atoms with Gasteiger partial charge in [-0.3, -0.25) is 0 Å². The smallest absolute Gasteiger partial charge is 0.148 e. The number of aliphatic hydroxyl groups is 1. The van der Waals surface area contributed by atoms with E-state index in [1.807, 2.05) is 0 Å². The van der Waals surface area contributed by atoms with Gasteiger partial charge >= 0.3 is 0 Å². The lowest BCUT2D eigenvalue weighted by Gasteiger charge is -2.08. The van der Waals surface area contributed by atoms with Gasteiger partial charge in [0.15, 0.2) is 0 Å². The van der Waals surface area contributed by atoms with Gasteiger partial charge in [0.25, 0.3) is 0 Å². The monoisotopic (exact) mass is 243 g/mol. The fourth-order valence-corrected chi connectivity index (χ4v) is 1.49. The van der Waals surface area contributed by atoms with Crippen molar-refractivity contribution in [2.75, 3.05) is 0 Å². The molecular weight excluding hydrogens is 233 g/mol. The molecule has 0 aliphatic carbocycles. The standard InChI is InChI=1S/C14H10FNO2/c15-13-2-1-3-14(12(13)8-16)18-11-6-4-10(9-17)5-7-11/h1-7,17H,9H2. The number of hydrogen-bond donors (Lipinski definition) is 1. The Hall–Kier alpha value is -2.38. The van der Waals surface area contributed by atoms with E-state index in [4.69, 9.17) is 15.1 Å². The number of nitriles is 1. The van der Waals surface area contributed by atoms with Crippen molar-refractivity contribution >= 4 is 0 Å². The van der Waals surface area contributed by atoms with E-state index in [0.717, 1.165) is 5.56 Å². The van der Waals surface area contributed by atoms with Gasteiger partial charge < -0.3 is 9.84 Å². The Balaban J connectivity index is 2.28. The molecule has 3 nitrogen and oxygen atoms in total. The van der Waals surface area contributed by atoms with E-state index in [1.165, 1.54) is 18.2 Å². The molecule has 2 aromatic carbocycles. The molecule has 0 aliphatic heterocycles. The van der Waals surface area contributed by atoms with Crippen LogP contribution in [0.2, 0.25) is 0 Å². The number of benzene rings is 2. The Morgan fingerprint density at radius 1 is 1.17 bits per heavy atom. The Kier molecular flexibility index (Phi) is 3.56. The van der Waals surface area contributed by atoms with Crippen LogP contribution in [-0.4, -0.2) is 5.11 Å². The molecule has 90 valence electrons. The molecule has 2 rings (SSSR count). The molecule has 0 atom stereocenters. The summed E-state index contributed by atoms with van der Waals surface area (Å²) in [5, 5.41) is 17.8. The highest BCUT2D eigenvalue weighted by Gasteiger charge is 2.09. The van der Waals surface area contributed by atoms with Gasteiger partial charge in [0.1, 0.15) is 28.9 Å². The molecule has 0 unspecified atom stereocenters. The Bertz CT molecular complexity index is 588. The maximum absolute atomic E-state index is 13.3. The van der Waals surface area contributed by atoms with E-state index >= 15 is 0 Å². The van der Waals surface area contributed by atoms with Crippen molar-refractivity contribution in [1.29, 1.82) is 5.26 Å². The number of nitrogens with zero attached hydrogens (tertiary/aromatic N) is 1. The van der Waals surface area contributed by atoms with Gasteiger partial charge in [-0.05, 0) is 29.8 Å². The minimum atomic E-state index is -0.609. The van der Waals surface area contributed by atoms with Gasteiger partial charge in [0.2, 0.25) is 0 Å². The molecule has 0 aromatic heterocycles. The number of rotatable bonds is 3. The van der Waals surface area contributed by atoms with Crippen LogP contribution in [-0.2, 0) is 6.61 Å². The van der Waals surface area contributed by atoms with Crippen LogP contribution >= 0.6 is 0 Å². The van der Waals surface area contributed by atoms with Crippen LogP contribution in [0.25, 0.3) is 0 Å². The van der Waals surface area contributed by atoms with Gasteiger partial charge in [-0.1, -0.05) is 18.2 Å². The summed E-state index contributed by atoms with van der Waals surface area (Å²) >= 11 is 0. The average molecular weight is 243 g/mol. The van der Waals surface area contributed by atoms with E-state index in [0.29, 0.717) is 5.75 Å². The second kappa shape index (κ2) is 5.30. The van der Waals surface area contributed by atoms with Crippen LogP contribution in [0, 0.1) is 17.1 Å². The predicted octanol–water partition coefficient (Wildman–Crippen LogP) is 2.98. The van der Waals surface area contributed by atoms with E-state index < -0.39 is 5.82 Å². The lowest BCUT2D eigenvalue weighted by Crippen LogP contribution is -1.92. The average Bonchev–Trinajstić information content (AvgIpc) is 2.40. The van der Waals surface area contributed by atoms with E-state index in [-0.39, 0.29) is 17.9 Å². The zero-order chi connectivity index (χ0) is 13.0. The molecule has 0 heterocycles. The van der Waals surface area contributed by atoms with E-state index in [9.17, 15) is 4.39 Å². The maximum Gasteiger partial charge on any atom is 0.148 e. The summed E-state index contributed by atoms with van der Waals surface area (Å²) in [6.45, 7) is -0.0519. The lowest BCUT2D eigenvalue weighted by atomic mass is 10.2. The van der Waals surface area contributed by atoms with Gasteiger partial charge in [0.05, 0.1) is 6.61 Å². The van der Waals surface area contributed by atoms with E-state index in [2.05, 4.69) is 0 Å². The summed E-state index contributed by atoms with van der Waals surface area (Å²) in [5.41, 5.74) is 0.630. The molecule has 0 saturated heterocycles. The summed E-state index contributed by atoms with van der Waals surface area (Å²) in [7, 11) is 0. The highest BCUT2D eigenvalue weighted by atomic mass is 19.1. The zero-order valence-corrected chi connectivity index (χ0v) is 9.43. The number of hydrogen-bond acceptors (Lipinski definition) is 3. The van der Waals surface area contributed by atoms with Crippen LogP contribution in [0.3, 0.4) is 0 Å². The second-order valence-electron chi connectivity index (χ2n) is 3.63. The van der Waals surface area contributed by atoms with Crippen molar-refractivity contribution < 1.29 is 14.2 Å². The zero-order valence-electron chi connectivity index (χ0n) is 9.43. The molecule has 0 saturated carbocycles. The topological polar surface area (TPSA) is 53.2 Å². The van der Waals surface area contributed by atoms with Crippen molar-refractivity contribution in [3.63, 3.8) is 0 Å². The Morgan fingerprint density at radius 3 is 2.50 bits per heavy atom. The molecule has 4 heteroatoms. The molecule has 0 fully saturated rings. The van der Waals surface area contributed by atoms with Crippen molar-refractivity contribution in [2.24, 2.45) is 0 Å². The first-order valence-electron chi connectivity index (χ1n) is 5.31. The quantitative estimate of drug-likeness (QED) is 0.901. The third-order valence-electron chi connectivity index (χ3n) is 2.42. The minimum Gasteiger partial charge on any atom is -0.456 e. The number of ether oxygens (including phenoxy) is 1. The second-order valence-corrected chi connectivity index (χ2v) is 3.63. The van der Waals surface area contributed by atoms with Crippen LogP contribution in [0.1, 0.15) is 11.1 Å². The summed E-state index contributed by atoms with van der Waals surface area (Å²) in [6.07, 6.45) is 0. The first-order chi connectivity index (χ1) is 8.74. The van der Waals surface area contributed by atoms with Crippen molar-refractivity contribution in [3.05, 3.63) is 59.4 Å². The molecule has 0 amide bonds. The van der Waals surface area contributed by atoms with E-state index in [1.54, 1.807) is 30.3 Å². The maximum atomic E-state index is 13.3. The summed E-state index contributed by atoms with van der Waals surface area (Å²) < 4.78 is 18.8. The normalized spacial score (nSPS) is 9.83. The molecule has 0 aliphatic rings. The van der Waals surface area contributed by atoms with Crippen LogP contribution in [0.5, 0.6) is 11.5 Å². The molecule has 18 heavy (non-hydrogen) atoms. The van der Waals surface area contributed by atoms with Crippen molar-refractivity contribution in [1.82, 2.24) is 0 Å². The molecular formula is C14H10FNO2. The summed E-state index contributed by atoms with van der Waals surface area (Å²) in [4.78, 5) is 0. The molecule has 0 radical (unpaired) electrons. The van der Waals surface area contributed by atoms with Crippen LogP contribution < -0.4 is 4.74 Å². The summed E-state index contributed by atoms with van der Waals surface area (Å²) in [6, 6.07) is 12.7. The summed E-state index contributed by atoms with van der Waals surface area (Å²) in [5.74, 6) is 0.0468. The molecule has 0 bridgehead atoms. The molecule has 2 aromatic rings. The largest absolute Gasteiger partial charge is 0.456 e. The van der Waals surface area contributed by atoms with Gasteiger partial charge in [0, 0.05) is 0 Å². The fourth-order valence-electron chi connectivity index (χ4n) is 1.49. The van der Waals surface area contributed by atoms with Gasteiger partial charge in [-0.15, -0.1) is 0 Å².